The van der Waals surface area contributed by atoms with Gasteiger partial charge in [-0.25, -0.2) is 0 Å². The van der Waals surface area contributed by atoms with Crippen LogP contribution in [0.2, 0.25) is 0 Å². The minimum absolute atomic E-state index is 0.494. The van der Waals surface area contributed by atoms with Crippen molar-refractivity contribution in [2.75, 3.05) is 13.7 Å². The van der Waals surface area contributed by atoms with Crippen LogP contribution in [0.15, 0.2) is 18.3 Å². The molecule has 1 aliphatic carbocycles. The second-order valence-electron chi connectivity index (χ2n) is 4.38. The van der Waals surface area contributed by atoms with Gasteiger partial charge < -0.3 is 15.5 Å². The van der Waals surface area contributed by atoms with Gasteiger partial charge in [0.1, 0.15) is 5.75 Å². The summed E-state index contributed by atoms with van der Waals surface area (Å²) < 4.78 is 5.43. The van der Waals surface area contributed by atoms with Crippen LogP contribution in [0.1, 0.15) is 23.5 Å². The van der Waals surface area contributed by atoms with Crippen LogP contribution in [0, 0.1) is 0 Å². The van der Waals surface area contributed by atoms with Crippen LogP contribution in [0.25, 0.3) is 10.9 Å². The highest BCUT2D eigenvalue weighted by atomic mass is 16.5. The molecule has 0 spiro atoms. The second kappa shape index (κ2) is 3.52. The first-order valence-corrected chi connectivity index (χ1v) is 5.72. The van der Waals surface area contributed by atoms with Crippen molar-refractivity contribution in [3.05, 3.63) is 29.5 Å². The van der Waals surface area contributed by atoms with Crippen molar-refractivity contribution in [2.24, 2.45) is 5.73 Å². The molecule has 0 fully saturated rings. The molecule has 0 amide bonds. The number of aryl methyl sites for hydroxylation is 1. The molecule has 3 nitrogen and oxygen atoms in total. The molecule has 1 unspecified atom stereocenters. The maximum atomic E-state index is 5.82. The van der Waals surface area contributed by atoms with Gasteiger partial charge in [0.25, 0.3) is 0 Å². The van der Waals surface area contributed by atoms with Gasteiger partial charge in [0.15, 0.2) is 0 Å². The monoisotopic (exact) mass is 216 g/mol. The van der Waals surface area contributed by atoms with Crippen LogP contribution in [0.5, 0.6) is 5.75 Å². The van der Waals surface area contributed by atoms with Gasteiger partial charge in [-0.15, -0.1) is 0 Å². The molecule has 1 heterocycles. The lowest BCUT2D eigenvalue weighted by Gasteiger charge is -2.22. The normalized spacial score (nSPS) is 19.0. The van der Waals surface area contributed by atoms with Crippen LogP contribution >= 0.6 is 0 Å². The number of aromatic nitrogens is 1. The lowest BCUT2D eigenvalue weighted by atomic mass is 9.84. The molecule has 3 N–H and O–H groups in total. The predicted octanol–water partition coefficient (Wildman–Crippen LogP) is 2.17. The highest BCUT2D eigenvalue weighted by Gasteiger charge is 2.24. The molecule has 0 saturated heterocycles. The van der Waals surface area contributed by atoms with E-state index in [4.69, 9.17) is 10.5 Å². The summed E-state index contributed by atoms with van der Waals surface area (Å²) in [6, 6.07) is 4.13. The van der Waals surface area contributed by atoms with Gasteiger partial charge in [0.05, 0.1) is 7.11 Å². The summed E-state index contributed by atoms with van der Waals surface area (Å²) in [5, 5.41) is 1.33. The third-order valence-electron chi connectivity index (χ3n) is 3.63. The fraction of sp³-hybridized carbons (Fsp3) is 0.385. The fourth-order valence-electron chi connectivity index (χ4n) is 2.79. The van der Waals surface area contributed by atoms with Crippen LogP contribution < -0.4 is 10.5 Å². The van der Waals surface area contributed by atoms with Crippen LogP contribution in [-0.2, 0) is 6.42 Å². The van der Waals surface area contributed by atoms with E-state index in [0.29, 0.717) is 5.92 Å². The van der Waals surface area contributed by atoms with Crippen molar-refractivity contribution < 1.29 is 4.74 Å². The Morgan fingerprint density at radius 2 is 2.38 bits per heavy atom. The molecular weight excluding hydrogens is 200 g/mol. The average Bonchev–Trinajstić information content (AvgIpc) is 2.76. The summed E-state index contributed by atoms with van der Waals surface area (Å²) in [5.74, 6) is 1.50. The van der Waals surface area contributed by atoms with Gasteiger partial charge in [0.2, 0.25) is 0 Å². The Morgan fingerprint density at radius 3 is 3.12 bits per heavy atom. The van der Waals surface area contributed by atoms with E-state index >= 15 is 0 Å². The Bertz CT molecular complexity index is 530. The Labute approximate surface area is 94.6 Å². The third kappa shape index (κ3) is 1.18. The van der Waals surface area contributed by atoms with E-state index in [1.807, 2.05) is 6.07 Å². The molecule has 1 atom stereocenters. The molecule has 84 valence electrons. The standard InChI is InChI=1S/C13H16N2O/c1-16-12-5-4-11-13-9(12)3-2-8(6-14)10(13)7-15-11/h4-5,7-8,15H,2-3,6,14H2,1H3. The number of ether oxygens (including phenoxy) is 1. The number of hydrogen-bond acceptors (Lipinski definition) is 2. The molecule has 0 radical (unpaired) electrons. The summed E-state index contributed by atoms with van der Waals surface area (Å²) in [5.41, 5.74) is 9.71. The zero-order valence-corrected chi connectivity index (χ0v) is 9.42. The second-order valence-corrected chi connectivity index (χ2v) is 4.38. The zero-order valence-electron chi connectivity index (χ0n) is 9.42. The quantitative estimate of drug-likeness (QED) is 0.808. The van der Waals surface area contributed by atoms with Crippen LogP contribution in [-0.4, -0.2) is 18.6 Å². The minimum Gasteiger partial charge on any atom is -0.496 e. The Kier molecular flexibility index (Phi) is 2.14. The maximum absolute atomic E-state index is 5.82. The molecule has 3 rings (SSSR count). The number of nitrogens with two attached hydrogens (primary N) is 1. The maximum Gasteiger partial charge on any atom is 0.122 e. The molecular formula is C13H16N2O. The molecule has 16 heavy (non-hydrogen) atoms. The fourth-order valence-corrected chi connectivity index (χ4v) is 2.79. The van der Waals surface area contributed by atoms with E-state index in [-0.39, 0.29) is 0 Å². The van der Waals surface area contributed by atoms with Crippen molar-refractivity contribution in [3.8, 4) is 5.75 Å². The van der Waals surface area contributed by atoms with Crippen LogP contribution in [0.4, 0.5) is 0 Å². The molecule has 0 aliphatic heterocycles. The molecule has 2 aromatic rings. The third-order valence-corrected chi connectivity index (χ3v) is 3.63. The van der Waals surface area contributed by atoms with E-state index in [1.165, 1.54) is 22.0 Å². The summed E-state index contributed by atoms with van der Waals surface area (Å²) >= 11 is 0. The Hall–Kier alpha value is -1.48. The first-order valence-electron chi connectivity index (χ1n) is 5.72. The largest absolute Gasteiger partial charge is 0.496 e. The predicted molar refractivity (Wildman–Crippen MR) is 65.0 cm³/mol. The minimum atomic E-state index is 0.494. The Morgan fingerprint density at radius 1 is 1.50 bits per heavy atom. The lowest BCUT2D eigenvalue weighted by molar-refractivity contribution is 0.408. The van der Waals surface area contributed by atoms with E-state index in [9.17, 15) is 0 Å². The number of methoxy groups -OCH3 is 1. The van der Waals surface area contributed by atoms with Gasteiger partial charge in [-0.2, -0.15) is 0 Å². The highest BCUT2D eigenvalue weighted by molar-refractivity contribution is 5.90. The molecule has 1 aliphatic rings. The summed E-state index contributed by atoms with van der Waals surface area (Å²) in [4.78, 5) is 3.32. The van der Waals surface area contributed by atoms with Gasteiger partial charge in [-0.3, -0.25) is 0 Å². The number of hydrogen-bond donors (Lipinski definition) is 2. The van der Waals surface area contributed by atoms with Crippen molar-refractivity contribution >= 4 is 10.9 Å². The first-order chi connectivity index (χ1) is 7.85. The smallest absolute Gasteiger partial charge is 0.122 e. The van der Waals surface area contributed by atoms with Crippen molar-refractivity contribution in [1.82, 2.24) is 4.98 Å². The van der Waals surface area contributed by atoms with Gasteiger partial charge in [-0.1, -0.05) is 0 Å². The topological polar surface area (TPSA) is 51.0 Å². The van der Waals surface area contributed by atoms with E-state index in [0.717, 1.165) is 25.1 Å². The average molecular weight is 216 g/mol. The first kappa shape index (κ1) is 9.73. The summed E-state index contributed by atoms with van der Waals surface area (Å²) in [7, 11) is 1.74. The SMILES string of the molecule is COc1ccc2[nH]cc3c2c1CCC3CN. The number of nitrogens with one attached hydrogen (secondary N) is 1. The summed E-state index contributed by atoms with van der Waals surface area (Å²) in [6.07, 6.45) is 4.29. The lowest BCUT2D eigenvalue weighted by Crippen LogP contribution is -2.16. The van der Waals surface area contributed by atoms with E-state index in [1.54, 1.807) is 7.11 Å². The summed E-state index contributed by atoms with van der Waals surface area (Å²) in [6.45, 7) is 0.726. The van der Waals surface area contributed by atoms with Crippen molar-refractivity contribution in [1.29, 1.82) is 0 Å². The molecule has 0 bridgehead atoms. The Balaban J connectivity index is 2.31. The number of H-pyrrole nitrogens is 1. The van der Waals surface area contributed by atoms with E-state index in [2.05, 4.69) is 17.2 Å². The van der Waals surface area contributed by atoms with Crippen molar-refractivity contribution in [3.63, 3.8) is 0 Å². The molecule has 3 heteroatoms. The zero-order chi connectivity index (χ0) is 11.1. The van der Waals surface area contributed by atoms with Gasteiger partial charge in [0, 0.05) is 22.7 Å². The number of benzene rings is 1. The number of rotatable bonds is 2. The number of aromatic amines is 1. The molecule has 0 saturated carbocycles. The molecule has 1 aromatic carbocycles. The van der Waals surface area contributed by atoms with Crippen molar-refractivity contribution in [2.45, 2.75) is 18.8 Å². The van der Waals surface area contributed by atoms with E-state index < -0.39 is 0 Å². The van der Waals surface area contributed by atoms with Gasteiger partial charge in [-0.05, 0) is 43.0 Å². The van der Waals surface area contributed by atoms with Gasteiger partial charge >= 0.3 is 0 Å². The van der Waals surface area contributed by atoms with Crippen LogP contribution in [0.3, 0.4) is 0 Å². The molecule has 1 aromatic heterocycles. The highest BCUT2D eigenvalue weighted by Crippen LogP contribution is 2.40.